The fourth-order valence-corrected chi connectivity index (χ4v) is 0. The Hall–Kier alpha value is 2.28. The first kappa shape index (κ1) is 84.3. The van der Waals surface area contributed by atoms with Crippen LogP contribution in [0, 0.1) is 0 Å². The van der Waals surface area contributed by atoms with Crippen LogP contribution in [0.3, 0.4) is 0 Å². The van der Waals surface area contributed by atoms with Crippen LogP contribution in [-0.4, -0.2) is 34.0 Å². The van der Waals surface area contributed by atoms with Crippen LogP contribution < -0.4 is 0 Å². The zero-order valence-electron chi connectivity index (χ0n) is 2.79. The van der Waals surface area contributed by atoms with Crippen LogP contribution in [0.4, 0.5) is 0 Å². The SMILES string of the molecule is C.P.S.[Mg].[Mn].[Si]. The molecule has 0 heterocycles. The fraction of sp³-hybridized carbons (Fsp3) is 1.00. The van der Waals surface area contributed by atoms with Crippen LogP contribution in [0.5, 0.6) is 0 Å². The van der Waals surface area contributed by atoms with E-state index in [1.165, 1.54) is 0 Å². The van der Waals surface area contributed by atoms with Crippen molar-refractivity contribution in [2.24, 2.45) is 0 Å². The average Bonchev–Trinajstić information content (AvgIpc) is 0. The van der Waals surface area contributed by atoms with Crippen molar-refractivity contribution >= 4 is 57.4 Å². The largest absolute Gasteiger partial charge is 0.197 e. The van der Waals surface area contributed by atoms with Gasteiger partial charge < -0.3 is 0 Å². The minimum atomic E-state index is 0. The maximum absolute atomic E-state index is 0. The zero-order valence-corrected chi connectivity index (χ0v) is 8.80. The first-order valence-electron chi connectivity index (χ1n) is 0. The van der Waals surface area contributed by atoms with E-state index < -0.39 is 0 Å². The summed E-state index contributed by atoms with van der Waals surface area (Å²) >= 11 is 0. The van der Waals surface area contributed by atoms with Crippen LogP contribution >= 0.6 is 23.4 Å². The molecule has 7 radical (unpaired) electrons. The molecule has 1 atom stereocenters. The van der Waals surface area contributed by atoms with Gasteiger partial charge in [-0.2, -0.15) is 23.4 Å². The summed E-state index contributed by atoms with van der Waals surface area (Å²) < 4.78 is 0. The molecule has 0 aromatic carbocycles. The Kier molecular flexibility index (Phi) is 775. The molecule has 5 heteroatoms. The van der Waals surface area contributed by atoms with Crippen LogP contribution in [0.1, 0.15) is 7.43 Å². The first-order valence-corrected chi connectivity index (χ1v) is 0. The zero-order chi connectivity index (χ0) is 0. The minimum Gasteiger partial charge on any atom is -0.197 e. The molecule has 0 rings (SSSR count). The van der Waals surface area contributed by atoms with Gasteiger partial charge in [-0.25, -0.2) is 0 Å². The molecule has 37 valence electrons. The topological polar surface area (TPSA) is 0 Å². The molecule has 0 saturated heterocycles. The third kappa shape index (κ3) is 33.6. The Morgan fingerprint density at radius 1 is 1.00 bits per heavy atom. The first-order chi connectivity index (χ1) is 0. The quantitative estimate of drug-likeness (QED) is 0.375. The van der Waals surface area contributed by atoms with Gasteiger partial charge in [0.15, 0.2) is 0 Å². The molecule has 0 aliphatic heterocycles. The summed E-state index contributed by atoms with van der Waals surface area (Å²) in [6.07, 6.45) is 0. The molecule has 0 aromatic rings. The van der Waals surface area contributed by atoms with Gasteiger partial charge in [0.2, 0.25) is 0 Å². The van der Waals surface area contributed by atoms with Gasteiger partial charge in [-0.3, -0.25) is 0 Å². The van der Waals surface area contributed by atoms with Crippen molar-refractivity contribution in [2.45, 2.75) is 7.43 Å². The Balaban J connectivity index is 0. The molecular formula is CH9MgMnPSSi. The Morgan fingerprint density at radius 3 is 1.00 bits per heavy atom. The molecule has 0 aliphatic carbocycles. The average molecular weight is 191 g/mol. The summed E-state index contributed by atoms with van der Waals surface area (Å²) in [5.74, 6) is 0. The van der Waals surface area contributed by atoms with E-state index in [0.29, 0.717) is 0 Å². The maximum atomic E-state index is 0. The second-order valence-corrected chi connectivity index (χ2v) is 0. The number of rotatable bonds is 0. The van der Waals surface area contributed by atoms with Crippen molar-refractivity contribution in [3.05, 3.63) is 0 Å². The van der Waals surface area contributed by atoms with E-state index >= 15 is 0 Å². The van der Waals surface area contributed by atoms with E-state index in [4.69, 9.17) is 0 Å². The van der Waals surface area contributed by atoms with Crippen LogP contribution in [0.25, 0.3) is 0 Å². The van der Waals surface area contributed by atoms with Gasteiger partial charge in [0.1, 0.15) is 0 Å². The number of hydrogen-bond acceptors (Lipinski definition) is 0. The standard InChI is InChI=1S/CH4.Mg.Mn.H3P.H2S.Si/h1H4;;;1H3;1H2;. The van der Waals surface area contributed by atoms with E-state index in [9.17, 15) is 0 Å². The molecule has 0 aliphatic rings. The summed E-state index contributed by atoms with van der Waals surface area (Å²) in [4.78, 5) is 0. The van der Waals surface area contributed by atoms with E-state index in [-0.39, 0.29) is 81.9 Å². The van der Waals surface area contributed by atoms with Crippen molar-refractivity contribution in [3.63, 3.8) is 0 Å². The Labute approximate surface area is 81.3 Å². The molecule has 6 heavy (non-hydrogen) atoms. The molecule has 0 bridgehead atoms. The van der Waals surface area contributed by atoms with Gasteiger partial charge in [-0.15, -0.1) is 0 Å². The predicted octanol–water partition coefficient (Wildman–Crippen LogP) is 0.0429. The maximum Gasteiger partial charge on any atom is 0 e. The molecule has 0 nitrogen and oxygen atoms in total. The van der Waals surface area contributed by atoms with Crippen LogP contribution in [0.15, 0.2) is 0 Å². The molecule has 0 fully saturated rings. The minimum absolute atomic E-state index is 0. The van der Waals surface area contributed by atoms with E-state index in [1.807, 2.05) is 0 Å². The summed E-state index contributed by atoms with van der Waals surface area (Å²) in [6, 6.07) is 0. The van der Waals surface area contributed by atoms with E-state index in [0.717, 1.165) is 0 Å². The van der Waals surface area contributed by atoms with Crippen molar-refractivity contribution < 1.29 is 17.1 Å². The van der Waals surface area contributed by atoms with Gasteiger partial charge in [0, 0.05) is 51.1 Å². The van der Waals surface area contributed by atoms with E-state index in [1.54, 1.807) is 0 Å². The second kappa shape index (κ2) is 55.2. The van der Waals surface area contributed by atoms with E-state index in [2.05, 4.69) is 0 Å². The molecular weight excluding hydrogens is 182 g/mol. The van der Waals surface area contributed by atoms with Crippen LogP contribution in [0.2, 0.25) is 0 Å². The Morgan fingerprint density at radius 2 is 1.00 bits per heavy atom. The van der Waals surface area contributed by atoms with Gasteiger partial charge in [0.05, 0.1) is 0 Å². The van der Waals surface area contributed by atoms with Crippen molar-refractivity contribution in [3.8, 4) is 0 Å². The third-order valence-electron chi connectivity index (χ3n) is 0. The van der Waals surface area contributed by atoms with Crippen LogP contribution in [-0.2, 0) is 17.1 Å². The molecule has 0 saturated carbocycles. The predicted molar refractivity (Wildman–Crippen MR) is 39.7 cm³/mol. The monoisotopic (exact) mass is 191 g/mol. The van der Waals surface area contributed by atoms with Crippen molar-refractivity contribution in [1.29, 1.82) is 0 Å². The van der Waals surface area contributed by atoms with Gasteiger partial charge >= 0.3 is 0 Å². The van der Waals surface area contributed by atoms with Gasteiger partial charge in [0.25, 0.3) is 0 Å². The second-order valence-electron chi connectivity index (χ2n) is 0. The summed E-state index contributed by atoms with van der Waals surface area (Å²) in [5, 5.41) is 0. The van der Waals surface area contributed by atoms with Crippen molar-refractivity contribution in [2.75, 3.05) is 0 Å². The molecule has 0 aromatic heterocycles. The van der Waals surface area contributed by atoms with Gasteiger partial charge in [-0.1, -0.05) is 7.43 Å². The summed E-state index contributed by atoms with van der Waals surface area (Å²) in [6.45, 7) is 0. The molecule has 1 unspecified atom stereocenters. The summed E-state index contributed by atoms with van der Waals surface area (Å²) in [5.41, 5.74) is 0. The third-order valence-corrected chi connectivity index (χ3v) is 0. The smallest absolute Gasteiger partial charge is 0 e. The number of hydrogen-bond donors (Lipinski definition) is 0. The van der Waals surface area contributed by atoms with Crippen molar-refractivity contribution in [1.82, 2.24) is 0 Å². The fourth-order valence-electron chi connectivity index (χ4n) is 0. The molecule has 0 amide bonds. The normalized spacial score (nSPS) is 0. The van der Waals surface area contributed by atoms with Gasteiger partial charge in [-0.05, 0) is 0 Å². The Bertz CT molecular complexity index is 15.5. The summed E-state index contributed by atoms with van der Waals surface area (Å²) in [7, 11) is 0. The molecule has 0 spiro atoms. The molecule has 0 N–H and O–H groups in total.